The average Bonchev–Trinajstić information content (AvgIpc) is 2.75. The van der Waals surface area contributed by atoms with Gasteiger partial charge in [-0.15, -0.1) is 24.0 Å². The molecule has 0 radical (unpaired) electrons. The van der Waals surface area contributed by atoms with Crippen LogP contribution in [0.4, 0.5) is 4.39 Å². The number of nitrogens with one attached hydrogen (secondary N) is 2. The molecule has 0 aliphatic rings. The number of nitrogens with zero attached hydrogens (tertiary/aromatic N) is 2. The van der Waals surface area contributed by atoms with Gasteiger partial charge in [0.05, 0.1) is 6.54 Å². The standard InChI is InChI=1S/C22H29FN4O3.HI/c1-4-25-21(28)16-30-20-7-5-6-17(14-20)15-26-22(24-2)27(3)12-13-29-19-10-8-18(23)9-11-19;/h5-11,14H,4,12-13,15-16H2,1-3H3,(H,24,26)(H,25,28);1H. The number of benzene rings is 2. The Kier molecular flexibility index (Phi) is 12.3. The van der Waals surface area contributed by atoms with E-state index in [1.165, 1.54) is 12.1 Å². The molecule has 2 N–H and O–H groups in total. The number of hydrogen-bond acceptors (Lipinski definition) is 4. The molecule has 1 amide bonds. The van der Waals surface area contributed by atoms with Crippen molar-refractivity contribution in [3.63, 3.8) is 0 Å². The normalized spacial score (nSPS) is 10.6. The number of guanidine groups is 1. The highest BCUT2D eigenvalue weighted by atomic mass is 127. The molecule has 0 aliphatic heterocycles. The van der Waals surface area contributed by atoms with Gasteiger partial charge >= 0.3 is 0 Å². The molecule has 0 saturated heterocycles. The number of rotatable bonds is 10. The zero-order chi connectivity index (χ0) is 21.8. The van der Waals surface area contributed by atoms with Crippen molar-refractivity contribution in [2.45, 2.75) is 13.5 Å². The predicted molar refractivity (Wildman–Crippen MR) is 131 cm³/mol. The minimum atomic E-state index is -0.289. The van der Waals surface area contributed by atoms with Crippen molar-refractivity contribution < 1.29 is 18.7 Å². The van der Waals surface area contributed by atoms with E-state index < -0.39 is 0 Å². The second-order valence-corrected chi connectivity index (χ2v) is 6.51. The summed E-state index contributed by atoms with van der Waals surface area (Å²) >= 11 is 0. The topological polar surface area (TPSA) is 75.2 Å². The largest absolute Gasteiger partial charge is 0.492 e. The van der Waals surface area contributed by atoms with Gasteiger partial charge in [-0.1, -0.05) is 12.1 Å². The minimum Gasteiger partial charge on any atom is -0.492 e. The van der Waals surface area contributed by atoms with Crippen LogP contribution in [0.1, 0.15) is 12.5 Å². The lowest BCUT2D eigenvalue weighted by atomic mass is 10.2. The summed E-state index contributed by atoms with van der Waals surface area (Å²) in [5.41, 5.74) is 1.00. The van der Waals surface area contributed by atoms with Crippen molar-refractivity contribution in [2.24, 2.45) is 4.99 Å². The summed E-state index contributed by atoms with van der Waals surface area (Å²) in [7, 11) is 3.63. The van der Waals surface area contributed by atoms with Crippen LogP contribution in [0.15, 0.2) is 53.5 Å². The van der Waals surface area contributed by atoms with Crippen LogP contribution in [0.3, 0.4) is 0 Å². The number of amides is 1. The summed E-state index contributed by atoms with van der Waals surface area (Å²) in [6.07, 6.45) is 0. The maximum Gasteiger partial charge on any atom is 0.257 e. The predicted octanol–water partition coefficient (Wildman–Crippen LogP) is 3.04. The fraction of sp³-hybridized carbons (Fsp3) is 0.364. The third kappa shape index (κ3) is 9.86. The Morgan fingerprint density at radius 3 is 2.52 bits per heavy atom. The Morgan fingerprint density at radius 1 is 1.10 bits per heavy atom. The second kappa shape index (κ2) is 14.4. The monoisotopic (exact) mass is 544 g/mol. The highest BCUT2D eigenvalue weighted by Gasteiger charge is 2.07. The summed E-state index contributed by atoms with van der Waals surface area (Å²) in [6, 6.07) is 13.5. The average molecular weight is 544 g/mol. The summed E-state index contributed by atoms with van der Waals surface area (Å²) in [5.74, 6) is 1.54. The first-order valence-electron chi connectivity index (χ1n) is 9.80. The molecule has 31 heavy (non-hydrogen) atoms. The molecule has 170 valence electrons. The molecule has 7 nitrogen and oxygen atoms in total. The number of aliphatic imine (C=N–C) groups is 1. The van der Waals surface area contributed by atoms with Crippen molar-refractivity contribution in [3.05, 3.63) is 59.9 Å². The molecular weight excluding hydrogens is 514 g/mol. The maximum absolute atomic E-state index is 12.9. The Labute approximate surface area is 200 Å². The Bertz CT molecular complexity index is 834. The number of ether oxygens (including phenoxy) is 2. The van der Waals surface area contributed by atoms with Crippen molar-refractivity contribution in [1.82, 2.24) is 15.5 Å². The van der Waals surface area contributed by atoms with Gasteiger partial charge in [0.1, 0.15) is 23.9 Å². The smallest absolute Gasteiger partial charge is 0.257 e. The molecule has 0 aliphatic carbocycles. The van der Waals surface area contributed by atoms with Crippen LogP contribution in [-0.2, 0) is 11.3 Å². The molecule has 0 saturated carbocycles. The number of hydrogen-bond donors (Lipinski definition) is 2. The zero-order valence-electron chi connectivity index (χ0n) is 18.1. The molecule has 0 spiro atoms. The number of halogens is 2. The first kappa shape index (κ1) is 26.5. The van der Waals surface area contributed by atoms with Gasteiger partial charge in [-0.25, -0.2) is 4.39 Å². The van der Waals surface area contributed by atoms with Gasteiger partial charge in [0, 0.05) is 27.2 Å². The summed E-state index contributed by atoms with van der Waals surface area (Å²) in [4.78, 5) is 17.8. The Morgan fingerprint density at radius 2 is 1.84 bits per heavy atom. The van der Waals surface area contributed by atoms with Crippen LogP contribution < -0.4 is 20.1 Å². The van der Waals surface area contributed by atoms with E-state index in [-0.39, 0.29) is 42.3 Å². The highest BCUT2D eigenvalue weighted by Crippen LogP contribution is 2.13. The summed E-state index contributed by atoms with van der Waals surface area (Å²) in [5, 5.41) is 5.99. The molecule has 2 aromatic rings. The van der Waals surface area contributed by atoms with Crippen LogP contribution in [0.25, 0.3) is 0 Å². The summed E-state index contributed by atoms with van der Waals surface area (Å²) < 4.78 is 24.1. The van der Waals surface area contributed by atoms with Gasteiger partial charge < -0.3 is 25.0 Å². The molecule has 2 aromatic carbocycles. The molecule has 0 heterocycles. The molecule has 0 aromatic heterocycles. The molecule has 0 fully saturated rings. The van der Waals surface area contributed by atoms with E-state index in [1.807, 2.05) is 43.1 Å². The van der Waals surface area contributed by atoms with Crippen LogP contribution in [0.5, 0.6) is 11.5 Å². The Hall–Kier alpha value is -2.56. The van der Waals surface area contributed by atoms with E-state index >= 15 is 0 Å². The fourth-order valence-electron chi connectivity index (χ4n) is 2.65. The lowest BCUT2D eigenvalue weighted by Gasteiger charge is -2.22. The molecule has 0 unspecified atom stereocenters. The van der Waals surface area contributed by atoms with Crippen LogP contribution >= 0.6 is 24.0 Å². The second-order valence-electron chi connectivity index (χ2n) is 6.51. The van der Waals surface area contributed by atoms with Gasteiger partial charge in [-0.05, 0) is 48.9 Å². The minimum absolute atomic E-state index is 0. The van der Waals surface area contributed by atoms with E-state index in [4.69, 9.17) is 9.47 Å². The number of carbonyl (C=O) groups is 1. The van der Waals surface area contributed by atoms with Crippen molar-refractivity contribution in [1.29, 1.82) is 0 Å². The quantitative estimate of drug-likeness (QED) is 0.273. The SMILES string of the molecule is CCNC(=O)COc1cccc(CNC(=NC)N(C)CCOc2ccc(F)cc2)c1.I. The van der Waals surface area contributed by atoms with Crippen LogP contribution in [0, 0.1) is 5.82 Å². The van der Waals surface area contributed by atoms with E-state index in [0.29, 0.717) is 43.7 Å². The van der Waals surface area contributed by atoms with E-state index in [1.54, 1.807) is 19.2 Å². The fourth-order valence-corrected chi connectivity index (χ4v) is 2.65. The van der Waals surface area contributed by atoms with Crippen LogP contribution in [0.2, 0.25) is 0 Å². The van der Waals surface area contributed by atoms with Gasteiger partial charge in [0.15, 0.2) is 12.6 Å². The van der Waals surface area contributed by atoms with Gasteiger partial charge in [-0.3, -0.25) is 9.79 Å². The molecular formula is C22H30FIN4O3. The van der Waals surface area contributed by atoms with E-state index in [9.17, 15) is 9.18 Å². The van der Waals surface area contributed by atoms with Gasteiger partial charge in [0.2, 0.25) is 0 Å². The molecule has 2 rings (SSSR count). The van der Waals surface area contributed by atoms with Crippen LogP contribution in [-0.4, -0.2) is 57.2 Å². The van der Waals surface area contributed by atoms with Crippen molar-refractivity contribution in [3.8, 4) is 11.5 Å². The zero-order valence-corrected chi connectivity index (χ0v) is 20.4. The van der Waals surface area contributed by atoms with E-state index in [2.05, 4.69) is 15.6 Å². The number of likely N-dealkylation sites (N-methyl/N-ethyl adjacent to an activating group) is 2. The van der Waals surface area contributed by atoms with Gasteiger partial charge in [-0.2, -0.15) is 0 Å². The lowest BCUT2D eigenvalue weighted by molar-refractivity contribution is -0.122. The number of carbonyl (C=O) groups excluding carboxylic acids is 1. The first-order valence-corrected chi connectivity index (χ1v) is 9.80. The highest BCUT2D eigenvalue weighted by molar-refractivity contribution is 14.0. The first-order chi connectivity index (χ1) is 14.5. The molecule has 9 heteroatoms. The third-order valence-corrected chi connectivity index (χ3v) is 4.18. The lowest BCUT2D eigenvalue weighted by Crippen LogP contribution is -2.40. The Balaban J connectivity index is 0.00000480. The summed E-state index contributed by atoms with van der Waals surface area (Å²) in [6.45, 7) is 4.02. The molecule has 0 bridgehead atoms. The third-order valence-electron chi connectivity index (χ3n) is 4.18. The molecule has 0 atom stereocenters. The van der Waals surface area contributed by atoms with E-state index in [0.717, 1.165) is 5.56 Å². The van der Waals surface area contributed by atoms with Gasteiger partial charge in [0.25, 0.3) is 5.91 Å². The maximum atomic E-state index is 12.9. The van der Waals surface area contributed by atoms with Crippen molar-refractivity contribution >= 4 is 35.8 Å². The van der Waals surface area contributed by atoms with Crippen molar-refractivity contribution in [2.75, 3.05) is 40.4 Å².